The number of halogens is 1. The standard InChI is InChI=1S/C17H14BrN3S/c1-19-17-21(20-11-13-7-9-15(18)10-8-13)16(12-22-17)14-5-3-2-4-6-14/h2-12H,1H3. The van der Waals surface area contributed by atoms with Gasteiger partial charge in [-0.25, -0.2) is 4.68 Å². The third-order valence-electron chi connectivity index (χ3n) is 3.14. The molecule has 0 bridgehead atoms. The molecular formula is C17H14BrN3S. The predicted molar refractivity (Wildman–Crippen MR) is 96.4 cm³/mol. The van der Waals surface area contributed by atoms with Gasteiger partial charge in [0.2, 0.25) is 4.80 Å². The van der Waals surface area contributed by atoms with Gasteiger partial charge in [-0.2, -0.15) is 5.10 Å². The normalized spacial score (nSPS) is 12.2. The van der Waals surface area contributed by atoms with E-state index in [0.717, 1.165) is 26.1 Å². The smallest absolute Gasteiger partial charge is 0.205 e. The summed E-state index contributed by atoms with van der Waals surface area (Å²) in [5.41, 5.74) is 3.21. The molecule has 0 amide bonds. The first-order valence-corrected chi connectivity index (χ1v) is 8.44. The average molecular weight is 372 g/mol. The lowest BCUT2D eigenvalue weighted by Crippen LogP contribution is -2.11. The van der Waals surface area contributed by atoms with E-state index >= 15 is 0 Å². The summed E-state index contributed by atoms with van der Waals surface area (Å²) in [5.74, 6) is 0. The quantitative estimate of drug-likeness (QED) is 0.611. The molecular weight excluding hydrogens is 358 g/mol. The number of hydrogen-bond acceptors (Lipinski definition) is 3. The lowest BCUT2D eigenvalue weighted by Gasteiger charge is -2.03. The second kappa shape index (κ2) is 6.85. The fourth-order valence-corrected chi connectivity index (χ4v) is 3.11. The predicted octanol–water partition coefficient (Wildman–Crippen LogP) is 4.39. The molecule has 3 aromatic rings. The van der Waals surface area contributed by atoms with Crippen LogP contribution in [0.2, 0.25) is 0 Å². The molecule has 2 aromatic carbocycles. The Morgan fingerprint density at radius 1 is 1.05 bits per heavy atom. The minimum Gasteiger partial charge on any atom is -0.261 e. The van der Waals surface area contributed by atoms with Gasteiger partial charge in [0.25, 0.3) is 0 Å². The lowest BCUT2D eigenvalue weighted by molar-refractivity contribution is 0.848. The van der Waals surface area contributed by atoms with Crippen molar-refractivity contribution in [3.63, 3.8) is 0 Å². The van der Waals surface area contributed by atoms with Gasteiger partial charge in [-0.3, -0.25) is 4.99 Å². The topological polar surface area (TPSA) is 29.6 Å². The van der Waals surface area contributed by atoms with E-state index in [-0.39, 0.29) is 0 Å². The molecule has 3 rings (SSSR count). The van der Waals surface area contributed by atoms with Gasteiger partial charge in [-0.05, 0) is 17.7 Å². The van der Waals surface area contributed by atoms with Crippen molar-refractivity contribution in [2.75, 3.05) is 7.05 Å². The number of hydrogen-bond donors (Lipinski definition) is 0. The first-order chi connectivity index (χ1) is 10.8. The van der Waals surface area contributed by atoms with Gasteiger partial charge in [-0.15, -0.1) is 11.3 Å². The highest BCUT2D eigenvalue weighted by Gasteiger charge is 2.06. The molecule has 0 saturated heterocycles. The maximum Gasteiger partial charge on any atom is 0.205 e. The van der Waals surface area contributed by atoms with Gasteiger partial charge in [0.05, 0.1) is 11.9 Å². The van der Waals surface area contributed by atoms with Gasteiger partial charge >= 0.3 is 0 Å². The van der Waals surface area contributed by atoms with Crippen molar-refractivity contribution >= 4 is 33.5 Å². The molecule has 110 valence electrons. The van der Waals surface area contributed by atoms with Gasteiger partial charge in [-0.1, -0.05) is 58.4 Å². The van der Waals surface area contributed by atoms with Crippen LogP contribution in [-0.4, -0.2) is 17.9 Å². The van der Waals surface area contributed by atoms with Crippen molar-refractivity contribution in [2.45, 2.75) is 0 Å². The van der Waals surface area contributed by atoms with Gasteiger partial charge in [0, 0.05) is 22.5 Å². The molecule has 0 aliphatic carbocycles. The highest BCUT2D eigenvalue weighted by Crippen LogP contribution is 2.19. The number of benzene rings is 2. The fourth-order valence-electron chi connectivity index (χ4n) is 2.04. The fraction of sp³-hybridized carbons (Fsp3) is 0.0588. The highest BCUT2D eigenvalue weighted by atomic mass is 79.9. The van der Waals surface area contributed by atoms with E-state index in [2.05, 4.69) is 43.5 Å². The Hall–Kier alpha value is -1.98. The first-order valence-electron chi connectivity index (χ1n) is 6.76. The van der Waals surface area contributed by atoms with E-state index in [9.17, 15) is 0 Å². The Bertz CT molecular complexity index is 846. The summed E-state index contributed by atoms with van der Waals surface area (Å²) >= 11 is 5.02. The Balaban J connectivity index is 2.03. The maximum absolute atomic E-state index is 4.61. The minimum atomic E-state index is 0.868. The number of aromatic nitrogens is 1. The molecule has 0 fully saturated rings. The van der Waals surface area contributed by atoms with E-state index in [1.807, 2.05) is 53.4 Å². The van der Waals surface area contributed by atoms with Crippen LogP contribution in [-0.2, 0) is 0 Å². The Morgan fingerprint density at radius 3 is 2.45 bits per heavy atom. The van der Waals surface area contributed by atoms with Crippen molar-refractivity contribution in [3.05, 3.63) is 74.8 Å². The van der Waals surface area contributed by atoms with Crippen LogP contribution < -0.4 is 4.80 Å². The summed E-state index contributed by atoms with van der Waals surface area (Å²) in [6.45, 7) is 0. The van der Waals surface area contributed by atoms with Crippen LogP contribution in [0.5, 0.6) is 0 Å². The molecule has 0 atom stereocenters. The molecule has 0 aliphatic rings. The zero-order chi connectivity index (χ0) is 15.4. The lowest BCUT2D eigenvalue weighted by atomic mass is 10.2. The van der Waals surface area contributed by atoms with Crippen molar-refractivity contribution in [3.8, 4) is 11.3 Å². The molecule has 0 aliphatic heterocycles. The Labute approximate surface area is 141 Å². The van der Waals surface area contributed by atoms with Crippen LogP contribution in [0.3, 0.4) is 0 Å². The molecule has 3 nitrogen and oxygen atoms in total. The van der Waals surface area contributed by atoms with Crippen LogP contribution in [0.4, 0.5) is 0 Å². The molecule has 0 radical (unpaired) electrons. The summed E-state index contributed by atoms with van der Waals surface area (Å²) in [6, 6.07) is 18.3. The third kappa shape index (κ3) is 3.26. The van der Waals surface area contributed by atoms with Crippen LogP contribution in [0.1, 0.15) is 5.56 Å². The molecule has 1 aromatic heterocycles. The summed E-state index contributed by atoms with van der Waals surface area (Å²) in [5, 5.41) is 6.69. The molecule has 5 heteroatoms. The van der Waals surface area contributed by atoms with Crippen molar-refractivity contribution in [2.24, 2.45) is 10.1 Å². The van der Waals surface area contributed by atoms with Crippen LogP contribution in [0, 0.1) is 0 Å². The molecule has 22 heavy (non-hydrogen) atoms. The summed E-state index contributed by atoms with van der Waals surface area (Å²) in [6.07, 6.45) is 1.85. The Morgan fingerprint density at radius 2 is 1.77 bits per heavy atom. The van der Waals surface area contributed by atoms with Crippen LogP contribution in [0.25, 0.3) is 11.3 Å². The highest BCUT2D eigenvalue weighted by molar-refractivity contribution is 9.10. The first kappa shape index (κ1) is 14.9. The number of rotatable bonds is 3. The van der Waals surface area contributed by atoms with E-state index in [1.54, 1.807) is 18.4 Å². The molecule has 0 N–H and O–H groups in total. The monoisotopic (exact) mass is 371 g/mol. The third-order valence-corrected chi connectivity index (χ3v) is 4.57. The molecule has 0 spiro atoms. The van der Waals surface area contributed by atoms with E-state index in [1.165, 1.54) is 0 Å². The van der Waals surface area contributed by atoms with Crippen LogP contribution >= 0.6 is 27.3 Å². The van der Waals surface area contributed by atoms with Gasteiger partial charge in [0.1, 0.15) is 0 Å². The van der Waals surface area contributed by atoms with Gasteiger partial charge < -0.3 is 0 Å². The zero-order valence-electron chi connectivity index (χ0n) is 12.0. The second-order valence-electron chi connectivity index (χ2n) is 4.60. The molecule has 0 unspecified atom stereocenters. The van der Waals surface area contributed by atoms with E-state index in [0.29, 0.717) is 0 Å². The van der Waals surface area contributed by atoms with E-state index < -0.39 is 0 Å². The number of thiazole rings is 1. The van der Waals surface area contributed by atoms with Gasteiger partial charge in [0.15, 0.2) is 0 Å². The van der Waals surface area contributed by atoms with Crippen molar-refractivity contribution in [1.82, 2.24) is 4.68 Å². The van der Waals surface area contributed by atoms with E-state index in [4.69, 9.17) is 0 Å². The maximum atomic E-state index is 4.61. The van der Waals surface area contributed by atoms with Crippen molar-refractivity contribution in [1.29, 1.82) is 0 Å². The summed E-state index contributed by atoms with van der Waals surface area (Å²) in [7, 11) is 1.78. The number of nitrogens with zero attached hydrogens (tertiary/aromatic N) is 3. The van der Waals surface area contributed by atoms with Crippen molar-refractivity contribution < 1.29 is 0 Å². The largest absolute Gasteiger partial charge is 0.261 e. The average Bonchev–Trinajstić information content (AvgIpc) is 2.98. The molecule has 0 saturated carbocycles. The summed E-state index contributed by atoms with van der Waals surface area (Å²) in [4.78, 5) is 5.17. The summed E-state index contributed by atoms with van der Waals surface area (Å²) < 4.78 is 2.93. The minimum absolute atomic E-state index is 0.868. The SMILES string of the molecule is CN=c1scc(-c2ccccc2)n1N=Cc1ccc(Br)cc1. The second-order valence-corrected chi connectivity index (χ2v) is 6.35. The molecule has 1 heterocycles. The van der Waals surface area contributed by atoms with Crippen LogP contribution in [0.15, 0.2) is 74.5 Å². The zero-order valence-corrected chi connectivity index (χ0v) is 14.4. The Kier molecular flexibility index (Phi) is 4.65.